The van der Waals surface area contributed by atoms with Crippen LogP contribution >= 0.6 is 27.3 Å². The number of nitrogens with zero attached hydrogens (tertiary/aromatic N) is 1. The van der Waals surface area contributed by atoms with E-state index in [4.69, 9.17) is 0 Å². The van der Waals surface area contributed by atoms with E-state index in [1.165, 1.54) is 4.88 Å². The van der Waals surface area contributed by atoms with Crippen molar-refractivity contribution in [2.45, 2.75) is 39.8 Å². The Morgan fingerprint density at radius 3 is 2.48 bits per heavy atom. The van der Waals surface area contributed by atoms with Gasteiger partial charge >= 0.3 is 6.03 Å². The first kappa shape index (κ1) is 18.1. The van der Waals surface area contributed by atoms with Gasteiger partial charge < -0.3 is 5.32 Å². The molecule has 1 heterocycles. The fourth-order valence-corrected chi connectivity index (χ4v) is 3.20. The Morgan fingerprint density at radius 2 is 2.00 bits per heavy atom. The second-order valence-electron chi connectivity index (χ2n) is 5.76. The molecule has 0 aromatic carbocycles. The number of hydrogen-bond acceptors (Lipinski definition) is 4. The summed E-state index contributed by atoms with van der Waals surface area (Å²) in [6, 6.07) is 3.56. The van der Waals surface area contributed by atoms with Crippen molar-refractivity contribution in [3.05, 3.63) is 20.8 Å². The number of halogens is 1. The van der Waals surface area contributed by atoms with E-state index in [1.54, 1.807) is 11.3 Å². The van der Waals surface area contributed by atoms with Crippen LogP contribution in [0.5, 0.6) is 0 Å². The van der Waals surface area contributed by atoms with Gasteiger partial charge in [0.25, 0.3) is 0 Å². The van der Waals surface area contributed by atoms with Crippen LogP contribution in [0.4, 0.5) is 4.79 Å². The van der Waals surface area contributed by atoms with Crippen LogP contribution in [-0.2, 0) is 11.3 Å². The van der Waals surface area contributed by atoms with Crippen LogP contribution in [0.3, 0.4) is 0 Å². The molecule has 0 saturated carbocycles. The first-order chi connectivity index (χ1) is 9.69. The summed E-state index contributed by atoms with van der Waals surface area (Å²) in [6.07, 6.45) is 0. The standard InChI is InChI=1S/C14H22BrN3O2S/c1-5-18(8-10-6-7-11(15)21-10)9-12(19)16-13(20)17-14(2,3)4/h6-7H,5,8-9H2,1-4H3,(H2,16,17,19,20). The van der Waals surface area contributed by atoms with Gasteiger partial charge in [-0.25, -0.2) is 4.79 Å². The van der Waals surface area contributed by atoms with Gasteiger partial charge in [0.05, 0.1) is 10.3 Å². The molecule has 0 bridgehead atoms. The second kappa shape index (κ2) is 7.91. The van der Waals surface area contributed by atoms with Crippen LogP contribution in [0.2, 0.25) is 0 Å². The zero-order valence-corrected chi connectivity index (χ0v) is 15.2. The molecule has 0 radical (unpaired) electrons. The fourth-order valence-electron chi connectivity index (χ4n) is 1.68. The van der Waals surface area contributed by atoms with Crippen LogP contribution in [-0.4, -0.2) is 35.5 Å². The average Bonchev–Trinajstić information content (AvgIpc) is 2.71. The molecule has 0 unspecified atom stereocenters. The summed E-state index contributed by atoms with van der Waals surface area (Å²) in [7, 11) is 0. The molecule has 0 aliphatic carbocycles. The molecule has 0 atom stereocenters. The van der Waals surface area contributed by atoms with Crippen molar-refractivity contribution in [2.24, 2.45) is 0 Å². The van der Waals surface area contributed by atoms with E-state index in [2.05, 4.69) is 26.6 Å². The molecule has 0 fully saturated rings. The van der Waals surface area contributed by atoms with E-state index < -0.39 is 6.03 Å². The van der Waals surface area contributed by atoms with Gasteiger partial charge in [-0.1, -0.05) is 6.92 Å². The molecule has 1 rings (SSSR count). The Bertz CT molecular complexity index is 497. The molecular weight excluding hydrogens is 354 g/mol. The third-order valence-electron chi connectivity index (χ3n) is 2.56. The van der Waals surface area contributed by atoms with Gasteiger partial charge in [0, 0.05) is 17.0 Å². The van der Waals surface area contributed by atoms with Gasteiger partial charge in [-0.2, -0.15) is 0 Å². The lowest BCUT2D eigenvalue weighted by Crippen LogP contribution is -2.50. The molecule has 0 aliphatic heterocycles. The van der Waals surface area contributed by atoms with E-state index in [-0.39, 0.29) is 18.0 Å². The number of hydrogen-bond donors (Lipinski definition) is 2. The van der Waals surface area contributed by atoms with E-state index in [9.17, 15) is 9.59 Å². The Morgan fingerprint density at radius 1 is 1.33 bits per heavy atom. The predicted octanol–water partition coefficient (Wildman–Crippen LogP) is 2.96. The van der Waals surface area contributed by atoms with Gasteiger partial charge in [-0.15, -0.1) is 11.3 Å². The van der Waals surface area contributed by atoms with Gasteiger partial charge in [0.1, 0.15) is 0 Å². The van der Waals surface area contributed by atoms with Crippen LogP contribution in [0.25, 0.3) is 0 Å². The monoisotopic (exact) mass is 375 g/mol. The molecule has 1 aromatic heterocycles. The van der Waals surface area contributed by atoms with Gasteiger partial charge in [0.15, 0.2) is 0 Å². The number of amides is 3. The summed E-state index contributed by atoms with van der Waals surface area (Å²) < 4.78 is 1.07. The minimum Gasteiger partial charge on any atom is -0.333 e. The fraction of sp³-hybridized carbons (Fsp3) is 0.571. The molecule has 3 amide bonds. The van der Waals surface area contributed by atoms with Crippen molar-refractivity contribution in [3.8, 4) is 0 Å². The van der Waals surface area contributed by atoms with Gasteiger partial charge in [-0.05, 0) is 55.4 Å². The predicted molar refractivity (Wildman–Crippen MR) is 89.4 cm³/mol. The first-order valence-corrected chi connectivity index (χ1v) is 8.39. The lowest BCUT2D eigenvalue weighted by molar-refractivity contribution is -0.121. The Labute approximate surface area is 138 Å². The van der Waals surface area contributed by atoms with Crippen molar-refractivity contribution in [2.75, 3.05) is 13.1 Å². The average molecular weight is 376 g/mol. The Balaban J connectivity index is 2.45. The molecule has 0 aliphatic rings. The van der Waals surface area contributed by atoms with Crippen molar-refractivity contribution in [1.29, 1.82) is 0 Å². The highest BCUT2D eigenvalue weighted by atomic mass is 79.9. The summed E-state index contributed by atoms with van der Waals surface area (Å²) in [6.45, 7) is 9.22. The molecule has 118 valence electrons. The van der Waals surface area contributed by atoms with E-state index >= 15 is 0 Å². The third kappa shape index (κ3) is 7.59. The minimum absolute atomic E-state index is 0.198. The van der Waals surface area contributed by atoms with Crippen molar-refractivity contribution in [1.82, 2.24) is 15.5 Å². The molecule has 5 nitrogen and oxygen atoms in total. The topological polar surface area (TPSA) is 61.4 Å². The Hall–Kier alpha value is -0.920. The van der Waals surface area contributed by atoms with E-state index in [0.717, 1.165) is 10.3 Å². The summed E-state index contributed by atoms with van der Waals surface area (Å²) >= 11 is 5.07. The minimum atomic E-state index is -0.456. The van der Waals surface area contributed by atoms with Crippen molar-refractivity contribution < 1.29 is 9.59 Å². The highest BCUT2D eigenvalue weighted by Gasteiger charge is 2.17. The SMILES string of the molecule is CCN(CC(=O)NC(=O)NC(C)(C)C)Cc1ccc(Br)s1. The summed E-state index contributed by atoms with van der Waals surface area (Å²) in [5.41, 5.74) is -0.363. The number of imide groups is 1. The highest BCUT2D eigenvalue weighted by Crippen LogP contribution is 2.23. The van der Waals surface area contributed by atoms with Gasteiger partial charge in [0.2, 0.25) is 5.91 Å². The quantitative estimate of drug-likeness (QED) is 0.831. The molecule has 1 aromatic rings. The second-order valence-corrected chi connectivity index (χ2v) is 8.31. The molecule has 21 heavy (non-hydrogen) atoms. The molecule has 0 spiro atoms. The van der Waals surface area contributed by atoms with Crippen LogP contribution in [0.1, 0.15) is 32.6 Å². The normalized spacial score (nSPS) is 11.5. The summed E-state index contributed by atoms with van der Waals surface area (Å²) in [4.78, 5) is 26.7. The van der Waals surface area contributed by atoms with Gasteiger partial charge in [-0.3, -0.25) is 15.0 Å². The summed E-state index contributed by atoms with van der Waals surface area (Å²) in [5, 5.41) is 5.06. The number of carbonyl (C=O) groups excluding carboxylic acids is 2. The summed E-state index contributed by atoms with van der Waals surface area (Å²) in [5.74, 6) is -0.297. The van der Waals surface area contributed by atoms with Crippen molar-refractivity contribution in [3.63, 3.8) is 0 Å². The zero-order chi connectivity index (χ0) is 16.0. The van der Waals surface area contributed by atoms with E-state index in [1.807, 2.05) is 44.7 Å². The number of carbonyl (C=O) groups is 2. The number of likely N-dealkylation sites (N-methyl/N-ethyl adjacent to an activating group) is 1. The smallest absolute Gasteiger partial charge is 0.321 e. The van der Waals surface area contributed by atoms with E-state index in [0.29, 0.717) is 6.54 Å². The number of urea groups is 1. The van der Waals surface area contributed by atoms with Crippen molar-refractivity contribution >= 4 is 39.2 Å². The largest absolute Gasteiger partial charge is 0.333 e. The number of nitrogens with one attached hydrogen (secondary N) is 2. The maximum absolute atomic E-state index is 11.9. The number of rotatable bonds is 5. The number of thiophene rings is 1. The highest BCUT2D eigenvalue weighted by molar-refractivity contribution is 9.11. The Kier molecular flexibility index (Phi) is 6.83. The lowest BCUT2D eigenvalue weighted by Gasteiger charge is -2.22. The first-order valence-electron chi connectivity index (χ1n) is 6.78. The van der Waals surface area contributed by atoms with Crippen LogP contribution in [0.15, 0.2) is 15.9 Å². The van der Waals surface area contributed by atoms with Crippen LogP contribution < -0.4 is 10.6 Å². The molecular formula is C14H22BrN3O2S. The third-order valence-corrected chi connectivity index (χ3v) is 4.17. The molecule has 7 heteroatoms. The zero-order valence-electron chi connectivity index (χ0n) is 12.8. The molecule has 0 saturated heterocycles. The maximum atomic E-state index is 11.9. The van der Waals surface area contributed by atoms with Crippen LogP contribution in [0, 0.1) is 0 Å². The lowest BCUT2D eigenvalue weighted by atomic mass is 10.1. The maximum Gasteiger partial charge on any atom is 0.321 e. The molecule has 2 N–H and O–H groups in total.